The first kappa shape index (κ1) is 15.3. The summed E-state index contributed by atoms with van der Waals surface area (Å²) in [6.45, 7) is 0.983. The van der Waals surface area contributed by atoms with Gasteiger partial charge in [0.25, 0.3) is 0 Å². The van der Waals surface area contributed by atoms with Crippen LogP contribution in [0.25, 0.3) is 0 Å². The van der Waals surface area contributed by atoms with Gasteiger partial charge >= 0.3 is 12.0 Å². The van der Waals surface area contributed by atoms with Crippen molar-refractivity contribution in [2.75, 3.05) is 25.6 Å². The normalized spacial score (nSPS) is 10.0. The van der Waals surface area contributed by atoms with Gasteiger partial charge in [-0.05, 0) is 24.6 Å². The van der Waals surface area contributed by atoms with E-state index in [0.29, 0.717) is 24.6 Å². The number of nitrogens with one attached hydrogen (secondary N) is 2. The molecule has 0 radical (unpaired) electrons. The van der Waals surface area contributed by atoms with Gasteiger partial charge in [-0.3, -0.25) is 0 Å². The van der Waals surface area contributed by atoms with Gasteiger partial charge in [0.1, 0.15) is 0 Å². The van der Waals surface area contributed by atoms with Crippen molar-refractivity contribution in [3.05, 3.63) is 28.8 Å². The summed E-state index contributed by atoms with van der Waals surface area (Å²) in [5.74, 6) is -1.16. The lowest BCUT2D eigenvalue weighted by Gasteiger charge is -2.10. The molecule has 0 aliphatic rings. The highest BCUT2D eigenvalue weighted by Gasteiger charge is 2.12. The number of methoxy groups -OCH3 is 1. The van der Waals surface area contributed by atoms with E-state index in [1.165, 1.54) is 18.2 Å². The molecule has 0 saturated carbocycles. The fraction of sp³-hybridized carbons (Fsp3) is 0.333. The van der Waals surface area contributed by atoms with Crippen molar-refractivity contribution >= 4 is 29.3 Å². The molecule has 104 valence electrons. The Labute approximate surface area is 115 Å². The zero-order chi connectivity index (χ0) is 14.3. The number of carboxylic acid groups (broad SMARTS) is 1. The number of rotatable bonds is 6. The topological polar surface area (TPSA) is 87.7 Å². The molecular weight excluding hydrogens is 272 g/mol. The smallest absolute Gasteiger partial charge is 0.337 e. The summed E-state index contributed by atoms with van der Waals surface area (Å²) >= 11 is 5.71. The highest BCUT2D eigenvalue weighted by molar-refractivity contribution is 6.31. The number of hydrogen-bond acceptors (Lipinski definition) is 3. The molecule has 0 spiro atoms. The van der Waals surface area contributed by atoms with E-state index >= 15 is 0 Å². The summed E-state index contributed by atoms with van der Waals surface area (Å²) in [4.78, 5) is 22.6. The Hall–Kier alpha value is -1.79. The maximum atomic E-state index is 11.5. The standard InChI is InChI=1S/C12H15ClN2O4/c1-19-6-2-5-14-12(18)15-10-4-3-8(13)7-9(10)11(16)17/h3-4,7H,2,5-6H2,1H3,(H,16,17)(H2,14,15,18). The number of urea groups is 1. The molecule has 1 aromatic rings. The van der Waals surface area contributed by atoms with Crippen molar-refractivity contribution in [2.24, 2.45) is 0 Å². The van der Waals surface area contributed by atoms with E-state index < -0.39 is 12.0 Å². The van der Waals surface area contributed by atoms with Crippen molar-refractivity contribution in [3.8, 4) is 0 Å². The maximum Gasteiger partial charge on any atom is 0.337 e. The lowest BCUT2D eigenvalue weighted by atomic mass is 10.2. The third-order valence-corrected chi connectivity index (χ3v) is 2.51. The van der Waals surface area contributed by atoms with Crippen LogP contribution in [-0.2, 0) is 4.74 Å². The van der Waals surface area contributed by atoms with Gasteiger partial charge in [0.15, 0.2) is 0 Å². The molecule has 0 aromatic heterocycles. The minimum Gasteiger partial charge on any atom is -0.478 e. The molecular formula is C12H15ClN2O4. The predicted molar refractivity (Wildman–Crippen MR) is 71.9 cm³/mol. The number of hydrogen-bond donors (Lipinski definition) is 3. The summed E-state index contributed by atoms with van der Waals surface area (Å²) < 4.78 is 4.84. The molecule has 1 aromatic carbocycles. The third-order valence-electron chi connectivity index (χ3n) is 2.27. The second-order valence-electron chi connectivity index (χ2n) is 3.72. The molecule has 0 fully saturated rings. The summed E-state index contributed by atoms with van der Waals surface area (Å²) in [6.07, 6.45) is 0.677. The average molecular weight is 287 g/mol. The van der Waals surface area contributed by atoms with E-state index in [1.54, 1.807) is 7.11 Å². The molecule has 19 heavy (non-hydrogen) atoms. The van der Waals surface area contributed by atoms with E-state index in [4.69, 9.17) is 21.4 Å². The molecule has 0 unspecified atom stereocenters. The Kier molecular flexibility index (Phi) is 6.11. The minimum absolute atomic E-state index is 0.0560. The Morgan fingerprint density at radius 1 is 1.42 bits per heavy atom. The Bertz CT molecular complexity index is 465. The summed E-state index contributed by atoms with van der Waals surface area (Å²) in [5, 5.41) is 14.4. The second kappa shape index (κ2) is 7.60. The summed E-state index contributed by atoms with van der Waals surface area (Å²) in [6, 6.07) is 3.76. The van der Waals surface area contributed by atoms with Gasteiger partial charge in [-0.1, -0.05) is 11.6 Å². The predicted octanol–water partition coefficient (Wildman–Crippen LogP) is 2.20. The third kappa shape index (κ3) is 5.15. The van der Waals surface area contributed by atoms with Crippen LogP contribution in [0.4, 0.5) is 10.5 Å². The quantitative estimate of drug-likeness (QED) is 0.700. The fourth-order valence-corrected chi connectivity index (χ4v) is 1.56. The second-order valence-corrected chi connectivity index (χ2v) is 4.16. The lowest BCUT2D eigenvalue weighted by Crippen LogP contribution is -2.30. The van der Waals surface area contributed by atoms with Crippen molar-refractivity contribution < 1.29 is 19.4 Å². The maximum absolute atomic E-state index is 11.5. The average Bonchev–Trinajstić information content (AvgIpc) is 2.36. The van der Waals surface area contributed by atoms with Gasteiger partial charge in [0.05, 0.1) is 11.3 Å². The Morgan fingerprint density at radius 2 is 2.16 bits per heavy atom. The van der Waals surface area contributed by atoms with E-state index in [-0.39, 0.29) is 11.3 Å². The number of aromatic carboxylic acids is 1. The molecule has 0 aliphatic heterocycles. The Balaban J connectivity index is 2.61. The van der Waals surface area contributed by atoms with Crippen LogP contribution in [0, 0.1) is 0 Å². The number of carboxylic acids is 1. The first-order chi connectivity index (χ1) is 9.04. The van der Waals surface area contributed by atoms with Crippen LogP contribution in [0.5, 0.6) is 0 Å². The van der Waals surface area contributed by atoms with Crippen LogP contribution in [-0.4, -0.2) is 37.4 Å². The number of benzene rings is 1. The molecule has 0 aliphatic carbocycles. The monoisotopic (exact) mass is 286 g/mol. The largest absolute Gasteiger partial charge is 0.478 e. The number of ether oxygens (including phenoxy) is 1. The molecule has 0 saturated heterocycles. The molecule has 0 bridgehead atoms. The zero-order valence-electron chi connectivity index (χ0n) is 10.4. The highest BCUT2D eigenvalue weighted by atomic mass is 35.5. The van der Waals surface area contributed by atoms with Crippen LogP contribution < -0.4 is 10.6 Å². The molecule has 1 rings (SSSR count). The highest BCUT2D eigenvalue weighted by Crippen LogP contribution is 2.20. The minimum atomic E-state index is -1.16. The van der Waals surface area contributed by atoms with Gasteiger partial charge in [-0.2, -0.15) is 0 Å². The van der Waals surface area contributed by atoms with Crippen molar-refractivity contribution in [2.45, 2.75) is 6.42 Å². The van der Waals surface area contributed by atoms with Crippen LogP contribution in [0.2, 0.25) is 5.02 Å². The summed E-state index contributed by atoms with van der Waals surface area (Å²) in [5.41, 5.74) is 0.140. The summed E-state index contributed by atoms with van der Waals surface area (Å²) in [7, 11) is 1.58. The SMILES string of the molecule is COCCCNC(=O)Nc1ccc(Cl)cc1C(=O)O. The van der Waals surface area contributed by atoms with E-state index in [9.17, 15) is 9.59 Å². The van der Waals surface area contributed by atoms with Gasteiger partial charge in [-0.15, -0.1) is 0 Å². The first-order valence-electron chi connectivity index (χ1n) is 5.61. The van der Waals surface area contributed by atoms with Gasteiger partial charge in [0.2, 0.25) is 0 Å². The van der Waals surface area contributed by atoms with Crippen molar-refractivity contribution in [1.82, 2.24) is 5.32 Å². The van der Waals surface area contributed by atoms with E-state index in [1.807, 2.05) is 0 Å². The molecule has 0 heterocycles. The van der Waals surface area contributed by atoms with Crippen LogP contribution in [0.15, 0.2) is 18.2 Å². The van der Waals surface area contributed by atoms with Crippen molar-refractivity contribution in [3.63, 3.8) is 0 Å². The van der Waals surface area contributed by atoms with Gasteiger partial charge < -0.3 is 20.5 Å². The number of halogens is 1. The van der Waals surface area contributed by atoms with Gasteiger partial charge in [0, 0.05) is 25.3 Å². The number of amides is 2. The van der Waals surface area contributed by atoms with E-state index in [2.05, 4.69) is 10.6 Å². The fourth-order valence-electron chi connectivity index (χ4n) is 1.39. The van der Waals surface area contributed by atoms with Gasteiger partial charge in [-0.25, -0.2) is 9.59 Å². The first-order valence-corrected chi connectivity index (χ1v) is 5.99. The zero-order valence-corrected chi connectivity index (χ0v) is 11.2. The molecule has 0 atom stereocenters. The van der Waals surface area contributed by atoms with Crippen LogP contribution >= 0.6 is 11.6 Å². The van der Waals surface area contributed by atoms with Crippen LogP contribution in [0.1, 0.15) is 16.8 Å². The van der Waals surface area contributed by atoms with Crippen molar-refractivity contribution in [1.29, 1.82) is 0 Å². The molecule has 2 amide bonds. The van der Waals surface area contributed by atoms with Crippen LogP contribution in [0.3, 0.4) is 0 Å². The van der Waals surface area contributed by atoms with E-state index in [0.717, 1.165) is 0 Å². The number of anilines is 1. The molecule has 7 heteroatoms. The number of carbonyl (C=O) groups is 2. The Morgan fingerprint density at radius 3 is 2.79 bits per heavy atom. The molecule has 3 N–H and O–H groups in total. The molecule has 6 nitrogen and oxygen atoms in total. The lowest BCUT2D eigenvalue weighted by molar-refractivity contribution is 0.0698. The number of carbonyl (C=O) groups excluding carboxylic acids is 1.